The van der Waals surface area contributed by atoms with E-state index in [4.69, 9.17) is 4.74 Å². The quantitative estimate of drug-likeness (QED) is 0.560. The Bertz CT molecular complexity index is 1250. The van der Waals surface area contributed by atoms with Gasteiger partial charge < -0.3 is 19.5 Å². The molecule has 1 fully saturated rings. The number of H-pyrrole nitrogens is 1. The highest BCUT2D eigenvalue weighted by Gasteiger charge is 2.25. The van der Waals surface area contributed by atoms with Gasteiger partial charge in [-0.2, -0.15) is 5.10 Å². The Labute approximate surface area is 174 Å². The molecule has 0 radical (unpaired) electrons. The van der Waals surface area contributed by atoms with Crippen LogP contribution in [0.3, 0.4) is 0 Å². The van der Waals surface area contributed by atoms with Crippen LogP contribution in [0.5, 0.6) is 5.75 Å². The van der Waals surface area contributed by atoms with Crippen LogP contribution in [0, 0.1) is 0 Å². The van der Waals surface area contributed by atoms with Crippen molar-refractivity contribution in [1.82, 2.24) is 24.6 Å². The fourth-order valence-corrected chi connectivity index (χ4v) is 4.57. The van der Waals surface area contributed by atoms with E-state index in [9.17, 15) is 0 Å². The van der Waals surface area contributed by atoms with Crippen molar-refractivity contribution >= 4 is 16.7 Å². The Kier molecular flexibility index (Phi) is 3.86. The Morgan fingerprint density at radius 1 is 1.00 bits per heavy atom. The molecule has 7 heteroatoms. The third-order valence-electron chi connectivity index (χ3n) is 6.29. The number of aryl methyl sites for hydroxylation is 1. The third kappa shape index (κ3) is 2.69. The third-order valence-corrected chi connectivity index (χ3v) is 6.29. The number of nitrogens with zero attached hydrogens (tertiary/aromatic N) is 5. The average molecular weight is 400 g/mol. The van der Waals surface area contributed by atoms with Gasteiger partial charge in [0.25, 0.3) is 0 Å². The molecule has 152 valence electrons. The summed E-state index contributed by atoms with van der Waals surface area (Å²) in [5.41, 5.74) is 7.73. The van der Waals surface area contributed by atoms with E-state index in [0.717, 1.165) is 59.7 Å². The number of piperazine rings is 1. The number of fused-ring (bicyclic) bond motifs is 5. The minimum atomic E-state index is 0.570. The maximum atomic E-state index is 6.34. The second-order valence-electron chi connectivity index (χ2n) is 8.25. The van der Waals surface area contributed by atoms with Gasteiger partial charge in [-0.1, -0.05) is 6.07 Å². The van der Waals surface area contributed by atoms with Gasteiger partial charge in [0.05, 0.1) is 11.6 Å². The van der Waals surface area contributed by atoms with Gasteiger partial charge in [0.1, 0.15) is 18.0 Å². The van der Waals surface area contributed by atoms with Gasteiger partial charge in [0.15, 0.2) is 0 Å². The molecule has 0 spiro atoms. The van der Waals surface area contributed by atoms with Crippen LogP contribution in [0.25, 0.3) is 33.3 Å². The van der Waals surface area contributed by atoms with E-state index < -0.39 is 0 Å². The molecule has 2 aliphatic rings. The number of aromatic nitrogens is 4. The maximum Gasteiger partial charge on any atom is 0.141 e. The Morgan fingerprint density at radius 3 is 2.67 bits per heavy atom. The largest absolute Gasteiger partial charge is 0.487 e. The maximum absolute atomic E-state index is 6.34. The van der Waals surface area contributed by atoms with Gasteiger partial charge in [0, 0.05) is 74.2 Å². The first-order chi connectivity index (χ1) is 14.7. The summed E-state index contributed by atoms with van der Waals surface area (Å²) in [4.78, 5) is 12.8. The summed E-state index contributed by atoms with van der Waals surface area (Å²) in [6, 6.07) is 6.75. The SMILES string of the molecule is CN1CCN(c2ccc3c(c2)COc2c-3cnc3[nH]cc(-c4cnn(C)c4)c23)CC1. The topological polar surface area (TPSA) is 62.2 Å². The smallest absolute Gasteiger partial charge is 0.141 e. The molecule has 0 atom stereocenters. The van der Waals surface area contributed by atoms with Gasteiger partial charge in [0.2, 0.25) is 0 Å². The highest BCUT2D eigenvalue weighted by Crippen LogP contribution is 2.45. The molecule has 0 unspecified atom stereocenters. The van der Waals surface area contributed by atoms with Crippen molar-refractivity contribution in [2.24, 2.45) is 7.05 Å². The van der Waals surface area contributed by atoms with Gasteiger partial charge in [-0.15, -0.1) is 0 Å². The number of anilines is 1. The van der Waals surface area contributed by atoms with Gasteiger partial charge in [-0.25, -0.2) is 4.98 Å². The lowest BCUT2D eigenvalue weighted by molar-refractivity contribution is 0.305. The lowest BCUT2D eigenvalue weighted by atomic mass is 9.95. The average Bonchev–Trinajstić information content (AvgIpc) is 3.39. The van der Waals surface area contributed by atoms with Crippen LogP contribution in [0.15, 0.2) is 43.0 Å². The number of rotatable bonds is 2. The molecule has 4 aromatic rings. The minimum Gasteiger partial charge on any atom is -0.487 e. The summed E-state index contributed by atoms with van der Waals surface area (Å²) < 4.78 is 8.15. The van der Waals surface area contributed by atoms with Crippen LogP contribution >= 0.6 is 0 Å². The van der Waals surface area contributed by atoms with Crippen LogP contribution in [0.2, 0.25) is 0 Å². The highest BCUT2D eigenvalue weighted by atomic mass is 16.5. The molecule has 3 aromatic heterocycles. The molecule has 30 heavy (non-hydrogen) atoms. The molecule has 0 aliphatic carbocycles. The molecular formula is C23H24N6O. The molecule has 6 rings (SSSR count). The van der Waals surface area contributed by atoms with E-state index in [1.807, 2.05) is 36.5 Å². The first-order valence-electron chi connectivity index (χ1n) is 10.4. The van der Waals surface area contributed by atoms with Crippen molar-refractivity contribution in [2.75, 3.05) is 38.1 Å². The predicted molar refractivity (Wildman–Crippen MR) is 118 cm³/mol. The van der Waals surface area contributed by atoms with Crippen LogP contribution in [-0.4, -0.2) is 57.9 Å². The van der Waals surface area contributed by atoms with Crippen molar-refractivity contribution in [3.63, 3.8) is 0 Å². The summed E-state index contributed by atoms with van der Waals surface area (Å²) in [6.07, 6.45) is 7.81. The highest BCUT2D eigenvalue weighted by molar-refractivity contribution is 6.02. The Morgan fingerprint density at radius 2 is 1.87 bits per heavy atom. The molecule has 5 heterocycles. The number of nitrogens with one attached hydrogen (secondary N) is 1. The molecule has 1 saturated heterocycles. The standard InChI is InChI=1S/C23H24N6O/c1-27-5-7-29(8-6-27)17-3-4-18-15(9-17)14-30-22-20(18)12-25-23-21(22)19(11-24-23)16-10-26-28(2)13-16/h3-4,9-13H,5-8,14H2,1-2H3,(H,24,25). The van der Waals surface area contributed by atoms with Crippen LogP contribution in [0.4, 0.5) is 5.69 Å². The second-order valence-corrected chi connectivity index (χ2v) is 8.25. The number of likely N-dealkylation sites (N-methyl/N-ethyl adjacent to an activating group) is 1. The number of ether oxygens (including phenoxy) is 1. The zero-order valence-corrected chi connectivity index (χ0v) is 17.2. The monoisotopic (exact) mass is 400 g/mol. The van der Waals surface area contributed by atoms with Crippen molar-refractivity contribution < 1.29 is 4.74 Å². The second kappa shape index (κ2) is 6.60. The van der Waals surface area contributed by atoms with Gasteiger partial charge in [-0.3, -0.25) is 4.68 Å². The lowest BCUT2D eigenvalue weighted by Gasteiger charge is -2.34. The van der Waals surface area contributed by atoms with Crippen molar-refractivity contribution in [1.29, 1.82) is 0 Å². The van der Waals surface area contributed by atoms with Crippen LogP contribution in [0.1, 0.15) is 5.56 Å². The van der Waals surface area contributed by atoms with Gasteiger partial charge >= 0.3 is 0 Å². The summed E-state index contributed by atoms with van der Waals surface area (Å²) in [5, 5.41) is 5.34. The molecule has 2 aliphatic heterocycles. The van der Waals surface area contributed by atoms with E-state index >= 15 is 0 Å². The van der Waals surface area contributed by atoms with Crippen molar-refractivity contribution in [3.8, 4) is 28.0 Å². The van der Waals surface area contributed by atoms with Crippen molar-refractivity contribution in [2.45, 2.75) is 6.61 Å². The summed E-state index contributed by atoms with van der Waals surface area (Å²) in [5.74, 6) is 0.903. The van der Waals surface area contributed by atoms with Gasteiger partial charge in [-0.05, 0) is 30.3 Å². The normalized spacial score (nSPS) is 16.4. The summed E-state index contributed by atoms with van der Waals surface area (Å²) in [7, 11) is 4.11. The molecule has 0 bridgehead atoms. The molecule has 1 N–H and O–H groups in total. The van der Waals surface area contributed by atoms with Crippen LogP contribution < -0.4 is 9.64 Å². The number of benzene rings is 1. The first kappa shape index (κ1) is 17.5. The zero-order valence-electron chi connectivity index (χ0n) is 17.2. The number of hydrogen-bond acceptors (Lipinski definition) is 5. The van der Waals surface area contributed by atoms with Crippen LogP contribution in [-0.2, 0) is 13.7 Å². The lowest BCUT2D eigenvalue weighted by Crippen LogP contribution is -2.44. The fraction of sp³-hybridized carbons (Fsp3) is 0.304. The molecular weight excluding hydrogens is 376 g/mol. The Balaban J connectivity index is 1.43. The minimum absolute atomic E-state index is 0.570. The molecule has 0 amide bonds. The number of aromatic amines is 1. The summed E-state index contributed by atoms with van der Waals surface area (Å²) >= 11 is 0. The number of pyridine rings is 1. The number of hydrogen-bond donors (Lipinski definition) is 1. The summed E-state index contributed by atoms with van der Waals surface area (Å²) in [6.45, 7) is 4.89. The Hall–Kier alpha value is -3.32. The van der Waals surface area contributed by atoms with E-state index in [0.29, 0.717) is 6.61 Å². The first-order valence-corrected chi connectivity index (χ1v) is 10.4. The predicted octanol–water partition coefficient (Wildman–Crippen LogP) is 3.27. The fourth-order valence-electron chi connectivity index (χ4n) is 4.57. The van der Waals surface area contributed by atoms with E-state index in [1.54, 1.807) is 0 Å². The zero-order chi connectivity index (χ0) is 20.2. The van der Waals surface area contributed by atoms with E-state index in [-0.39, 0.29) is 0 Å². The molecule has 0 saturated carbocycles. The molecule has 1 aromatic carbocycles. The van der Waals surface area contributed by atoms with Crippen molar-refractivity contribution in [3.05, 3.63) is 48.5 Å². The van der Waals surface area contributed by atoms with E-state index in [1.165, 1.54) is 16.8 Å². The van der Waals surface area contributed by atoms with E-state index in [2.05, 4.69) is 50.1 Å². The molecule has 7 nitrogen and oxygen atoms in total.